The zero-order valence-corrected chi connectivity index (χ0v) is 17.1. The Hall–Kier alpha value is -3.47. The molecule has 0 saturated heterocycles. The summed E-state index contributed by atoms with van der Waals surface area (Å²) in [5.74, 6) is -0.206. The van der Waals surface area contributed by atoms with Gasteiger partial charge in [0.15, 0.2) is 0 Å². The number of amides is 2. The van der Waals surface area contributed by atoms with Gasteiger partial charge in [0.25, 0.3) is 11.8 Å². The molecule has 0 saturated carbocycles. The molecule has 148 valence electrons. The lowest BCUT2D eigenvalue weighted by Gasteiger charge is -2.12. The third kappa shape index (κ3) is 4.88. The lowest BCUT2D eigenvalue weighted by molar-refractivity contribution is 0.102. The summed E-state index contributed by atoms with van der Waals surface area (Å²) in [6, 6.07) is 16.7. The van der Waals surface area contributed by atoms with Gasteiger partial charge in [-0.15, -0.1) is 0 Å². The number of carbonyl (C=O) groups is 2. The maximum Gasteiger partial charge on any atom is 0.274 e. The molecule has 5 heteroatoms. The van der Waals surface area contributed by atoms with Gasteiger partial charge in [0, 0.05) is 23.1 Å². The van der Waals surface area contributed by atoms with Crippen LogP contribution in [0, 0.1) is 13.8 Å². The number of para-hydroxylation sites is 1. The highest BCUT2D eigenvalue weighted by Crippen LogP contribution is 2.21. The standard InChI is InChI=1S/C24H25N3O2/c1-15(2)18-8-10-20(11-9-18)26-23(28)19-12-13-25-21(14-19)24(29)27-22-16(3)6-5-7-17(22)4/h5-15H,1-4H3,(H,26,28)(H,27,29). The van der Waals surface area contributed by atoms with Crippen LogP contribution < -0.4 is 10.6 Å². The molecule has 2 aromatic carbocycles. The highest BCUT2D eigenvalue weighted by molar-refractivity contribution is 6.08. The molecule has 0 fully saturated rings. The summed E-state index contributed by atoms with van der Waals surface area (Å²) < 4.78 is 0. The molecule has 29 heavy (non-hydrogen) atoms. The summed E-state index contributed by atoms with van der Waals surface area (Å²) in [6.45, 7) is 8.11. The largest absolute Gasteiger partial charge is 0.322 e. The Morgan fingerprint density at radius 2 is 1.52 bits per heavy atom. The minimum Gasteiger partial charge on any atom is -0.322 e. The quantitative estimate of drug-likeness (QED) is 0.622. The molecule has 2 N–H and O–H groups in total. The van der Waals surface area contributed by atoms with Gasteiger partial charge in [-0.05, 0) is 60.7 Å². The van der Waals surface area contributed by atoms with Crippen molar-refractivity contribution in [2.45, 2.75) is 33.6 Å². The maximum absolute atomic E-state index is 12.6. The molecule has 0 aliphatic carbocycles. The molecule has 2 amide bonds. The van der Waals surface area contributed by atoms with E-state index in [2.05, 4.69) is 29.5 Å². The lowest BCUT2D eigenvalue weighted by atomic mass is 10.0. The molecule has 0 atom stereocenters. The highest BCUT2D eigenvalue weighted by atomic mass is 16.2. The van der Waals surface area contributed by atoms with Crippen LogP contribution in [0.15, 0.2) is 60.8 Å². The first-order chi connectivity index (χ1) is 13.8. The van der Waals surface area contributed by atoms with E-state index in [1.165, 1.54) is 17.8 Å². The maximum atomic E-state index is 12.6. The van der Waals surface area contributed by atoms with Gasteiger partial charge >= 0.3 is 0 Å². The molecular formula is C24H25N3O2. The summed E-state index contributed by atoms with van der Waals surface area (Å²) in [4.78, 5) is 29.4. The van der Waals surface area contributed by atoms with Crippen LogP contribution in [0.5, 0.6) is 0 Å². The average Bonchev–Trinajstić information content (AvgIpc) is 2.71. The molecule has 3 aromatic rings. The first kappa shape index (κ1) is 20.3. The van der Waals surface area contributed by atoms with Crippen LogP contribution in [0.2, 0.25) is 0 Å². The van der Waals surface area contributed by atoms with E-state index in [-0.39, 0.29) is 17.5 Å². The average molecular weight is 387 g/mol. The fourth-order valence-electron chi connectivity index (χ4n) is 3.04. The molecule has 3 rings (SSSR count). The lowest BCUT2D eigenvalue weighted by Crippen LogP contribution is -2.17. The molecule has 1 heterocycles. The number of rotatable bonds is 5. The third-order valence-corrected chi connectivity index (χ3v) is 4.81. The van der Waals surface area contributed by atoms with Crippen molar-refractivity contribution in [3.63, 3.8) is 0 Å². The van der Waals surface area contributed by atoms with E-state index in [4.69, 9.17) is 0 Å². The summed E-state index contributed by atoms with van der Waals surface area (Å²) in [7, 11) is 0. The zero-order chi connectivity index (χ0) is 21.0. The van der Waals surface area contributed by atoms with Gasteiger partial charge in [0.05, 0.1) is 0 Å². The normalized spacial score (nSPS) is 10.7. The second-order valence-electron chi connectivity index (χ2n) is 7.38. The van der Waals surface area contributed by atoms with E-state index in [0.717, 1.165) is 16.8 Å². The number of pyridine rings is 1. The van der Waals surface area contributed by atoms with Crippen molar-refractivity contribution in [3.8, 4) is 0 Å². The number of nitrogens with one attached hydrogen (secondary N) is 2. The Bertz CT molecular complexity index is 1020. The Labute approximate surface area is 171 Å². The summed E-state index contributed by atoms with van der Waals surface area (Å²) in [6.07, 6.45) is 1.47. The van der Waals surface area contributed by atoms with E-state index < -0.39 is 0 Å². The van der Waals surface area contributed by atoms with Crippen molar-refractivity contribution < 1.29 is 9.59 Å². The van der Waals surface area contributed by atoms with Crippen LogP contribution in [0.4, 0.5) is 11.4 Å². The first-order valence-electron chi connectivity index (χ1n) is 9.60. The fourth-order valence-corrected chi connectivity index (χ4v) is 3.04. The van der Waals surface area contributed by atoms with Crippen molar-refractivity contribution in [2.24, 2.45) is 0 Å². The fraction of sp³-hybridized carbons (Fsp3) is 0.208. The topological polar surface area (TPSA) is 71.1 Å². The zero-order valence-electron chi connectivity index (χ0n) is 17.1. The smallest absolute Gasteiger partial charge is 0.274 e. The number of carbonyl (C=O) groups excluding carboxylic acids is 2. The molecule has 0 aliphatic heterocycles. The minimum absolute atomic E-state index is 0.190. The molecule has 0 spiro atoms. The first-order valence-corrected chi connectivity index (χ1v) is 9.60. The van der Waals surface area contributed by atoms with Crippen molar-refractivity contribution >= 4 is 23.2 Å². The van der Waals surface area contributed by atoms with Gasteiger partial charge in [-0.3, -0.25) is 14.6 Å². The number of hydrogen-bond donors (Lipinski definition) is 2. The van der Waals surface area contributed by atoms with Crippen molar-refractivity contribution in [2.75, 3.05) is 10.6 Å². The summed E-state index contributed by atoms with van der Waals surface area (Å²) >= 11 is 0. The molecule has 0 bridgehead atoms. The van der Waals surface area contributed by atoms with E-state index in [9.17, 15) is 9.59 Å². The number of aryl methyl sites for hydroxylation is 2. The molecule has 5 nitrogen and oxygen atoms in total. The van der Waals surface area contributed by atoms with E-state index in [1.54, 1.807) is 6.07 Å². The van der Waals surface area contributed by atoms with Gasteiger partial charge in [0.1, 0.15) is 5.69 Å². The Morgan fingerprint density at radius 1 is 0.862 bits per heavy atom. The molecule has 0 radical (unpaired) electrons. The number of aromatic nitrogens is 1. The predicted molar refractivity (Wildman–Crippen MR) is 117 cm³/mol. The van der Waals surface area contributed by atoms with Crippen LogP contribution in [0.25, 0.3) is 0 Å². The van der Waals surface area contributed by atoms with Crippen molar-refractivity contribution in [1.82, 2.24) is 4.98 Å². The Morgan fingerprint density at radius 3 is 2.14 bits per heavy atom. The van der Waals surface area contributed by atoms with Crippen LogP contribution in [-0.4, -0.2) is 16.8 Å². The van der Waals surface area contributed by atoms with Crippen LogP contribution in [0.3, 0.4) is 0 Å². The van der Waals surface area contributed by atoms with E-state index in [1.807, 2.05) is 56.3 Å². The second-order valence-corrected chi connectivity index (χ2v) is 7.38. The Kier molecular flexibility index (Phi) is 6.07. The van der Waals surface area contributed by atoms with E-state index in [0.29, 0.717) is 17.2 Å². The van der Waals surface area contributed by atoms with Crippen molar-refractivity contribution in [1.29, 1.82) is 0 Å². The summed E-state index contributed by atoms with van der Waals surface area (Å²) in [5, 5.41) is 5.75. The molecule has 0 unspecified atom stereocenters. The van der Waals surface area contributed by atoms with Crippen LogP contribution in [0.1, 0.15) is 57.3 Å². The van der Waals surface area contributed by atoms with Gasteiger partial charge < -0.3 is 10.6 Å². The van der Waals surface area contributed by atoms with E-state index >= 15 is 0 Å². The second kappa shape index (κ2) is 8.69. The number of hydrogen-bond acceptors (Lipinski definition) is 3. The van der Waals surface area contributed by atoms with Crippen LogP contribution in [-0.2, 0) is 0 Å². The molecular weight excluding hydrogens is 362 g/mol. The highest BCUT2D eigenvalue weighted by Gasteiger charge is 2.14. The van der Waals surface area contributed by atoms with Crippen molar-refractivity contribution in [3.05, 3.63) is 88.7 Å². The van der Waals surface area contributed by atoms with Crippen LogP contribution >= 0.6 is 0 Å². The SMILES string of the molecule is Cc1cccc(C)c1NC(=O)c1cc(C(=O)Nc2ccc(C(C)C)cc2)ccn1. The van der Waals surface area contributed by atoms with Gasteiger partial charge in [-0.2, -0.15) is 0 Å². The van der Waals surface area contributed by atoms with Gasteiger partial charge in [-0.25, -0.2) is 0 Å². The number of nitrogens with zero attached hydrogens (tertiary/aromatic N) is 1. The summed E-state index contributed by atoms with van der Waals surface area (Å²) in [5.41, 5.74) is 5.18. The minimum atomic E-state index is -0.349. The Balaban J connectivity index is 1.74. The van der Waals surface area contributed by atoms with Gasteiger partial charge in [0.2, 0.25) is 0 Å². The number of anilines is 2. The monoisotopic (exact) mass is 387 g/mol. The third-order valence-electron chi connectivity index (χ3n) is 4.81. The molecule has 0 aliphatic rings. The number of benzene rings is 2. The van der Waals surface area contributed by atoms with Gasteiger partial charge in [-0.1, -0.05) is 44.2 Å². The molecule has 1 aromatic heterocycles. The predicted octanol–water partition coefficient (Wildman–Crippen LogP) is 5.33.